The Hall–Kier alpha value is -2.93. The van der Waals surface area contributed by atoms with Gasteiger partial charge in [-0.05, 0) is 30.2 Å². The number of rotatable bonds is 8. The van der Waals surface area contributed by atoms with Gasteiger partial charge < -0.3 is 14.2 Å². The van der Waals surface area contributed by atoms with Gasteiger partial charge in [0.15, 0.2) is 5.71 Å². The van der Waals surface area contributed by atoms with Gasteiger partial charge in [-0.25, -0.2) is 9.18 Å². The van der Waals surface area contributed by atoms with E-state index in [1.54, 1.807) is 19.1 Å². The summed E-state index contributed by atoms with van der Waals surface area (Å²) in [5.41, 5.74) is -0.0942. The van der Waals surface area contributed by atoms with Gasteiger partial charge in [0.25, 0.3) is 0 Å². The number of nitrogens with one attached hydrogen (secondary N) is 1. The van der Waals surface area contributed by atoms with Crippen LogP contribution in [0.1, 0.15) is 28.4 Å². The van der Waals surface area contributed by atoms with E-state index in [0.717, 1.165) is 0 Å². The molecule has 6 nitrogen and oxygen atoms in total. The average Bonchev–Trinajstić information content (AvgIpc) is 2.70. The van der Waals surface area contributed by atoms with Gasteiger partial charge in [-0.1, -0.05) is 23.7 Å². The highest BCUT2D eigenvalue weighted by atomic mass is 35.5. The molecule has 0 unspecified atom stereocenters. The molecular formula is C20H19ClFNO5. The maximum Gasteiger partial charge on any atom is 0.360 e. The molecule has 0 saturated carbocycles. The molecule has 0 bridgehead atoms. The molecule has 28 heavy (non-hydrogen) atoms. The molecule has 148 valence electrons. The van der Waals surface area contributed by atoms with Crippen molar-refractivity contribution in [1.82, 2.24) is 0 Å². The summed E-state index contributed by atoms with van der Waals surface area (Å²) in [6.07, 6.45) is 0.0760. The average molecular weight is 408 g/mol. The third-order valence-corrected chi connectivity index (χ3v) is 4.26. The van der Waals surface area contributed by atoms with Gasteiger partial charge in [0, 0.05) is 12.5 Å². The van der Waals surface area contributed by atoms with E-state index in [9.17, 15) is 14.0 Å². The fraction of sp³-hybridized carbons (Fsp3) is 0.250. The largest absolute Gasteiger partial charge is 0.496 e. The molecule has 0 fully saturated rings. The molecule has 2 aromatic rings. The fourth-order valence-electron chi connectivity index (χ4n) is 2.60. The number of methoxy groups -OCH3 is 2. The first-order chi connectivity index (χ1) is 13.3. The number of ketones is 1. The number of benzene rings is 2. The van der Waals surface area contributed by atoms with E-state index in [2.05, 4.69) is 0 Å². The maximum absolute atomic E-state index is 14.3. The Labute approximate surface area is 166 Å². The Kier molecular flexibility index (Phi) is 7.12. The Morgan fingerprint density at radius 1 is 1.11 bits per heavy atom. The lowest BCUT2D eigenvalue weighted by Crippen LogP contribution is -2.26. The van der Waals surface area contributed by atoms with Crippen molar-refractivity contribution in [2.75, 3.05) is 20.8 Å². The molecule has 0 aliphatic heterocycles. The molecule has 0 heterocycles. The Morgan fingerprint density at radius 3 is 2.39 bits per heavy atom. The van der Waals surface area contributed by atoms with Crippen LogP contribution in [0.2, 0.25) is 5.02 Å². The van der Waals surface area contributed by atoms with Crippen LogP contribution < -0.4 is 9.47 Å². The maximum atomic E-state index is 14.3. The van der Waals surface area contributed by atoms with E-state index in [1.807, 2.05) is 0 Å². The third-order valence-electron chi connectivity index (χ3n) is 3.97. The van der Waals surface area contributed by atoms with E-state index >= 15 is 0 Å². The molecule has 1 N–H and O–H groups in total. The molecule has 2 rings (SSSR count). The van der Waals surface area contributed by atoms with Crippen LogP contribution in [0.5, 0.6) is 11.5 Å². The molecule has 0 aromatic heterocycles. The van der Waals surface area contributed by atoms with Gasteiger partial charge in [-0.3, -0.25) is 10.2 Å². The summed E-state index contributed by atoms with van der Waals surface area (Å²) in [4.78, 5) is 24.4. The molecule has 0 radical (unpaired) electrons. The first-order valence-corrected chi connectivity index (χ1v) is 8.69. The van der Waals surface area contributed by atoms with Gasteiger partial charge >= 0.3 is 5.97 Å². The highest BCUT2D eigenvalue weighted by Gasteiger charge is 2.26. The minimum Gasteiger partial charge on any atom is -0.496 e. The fourth-order valence-corrected chi connectivity index (χ4v) is 2.80. The summed E-state index contributed by atoms with van der Waals surface area (Å²) >= 11 is 5.83. The predicted molar refractivity (Wildman–Crippen MR) is 102 cm³/mol. The van der Waals surface area contributed by atoms with Crippen molar-refractivity contribution in [3.05, 3.63) is 57.9 Å². The van der Waals surface area contributed by atoms with E-state index in [0.29, 0.717) is 16.9 Å². The topological polar surface area (TPSA) is 85.7 Å². The number of carbonyl (C=O) groups is 2. The van der Waals surface area contributed by atoms with Crippen LogP contribution in [0.25, 0.3) is 0 Å². The Morgan fingerprint density at radius 2 is 1.79 bits per heavy atom. The molecule has 2 aromatic carbocycles. The first-order valence-electron chi connectivity index (χ1n) is 8.32. The molecule has 0 saturated heterocycles. The van der Waals surface area contributed by atoms with E-state index in [4.69, 9.17) is 31.2 Å². The summed E-state index contributed by atoms with van der Waals surface area (Å²) in [6.45, 7) is 1.61. The van der Waals surface area contributed by atoms with Crippen molar-refractivity contribution in [1.29, 1.82) is 5.41 Å². The zero-order valence-electron chi connectivity index (χ0n) is 15.6. The summed E-state index contributed by atoms with van der Waals surface area (Å²) < 4.78 is 29.5. The second-order valence-corrected chi connectivity index (χ2v) is 6.09. The SMILES string of the molecule is CCOC(=O)C(=N)C(=O)c1cc(Cc2cccc(Cl)c2F)c(OC)cc1OC. The van der Waals surface area contributed by atoms with Gasteiger partial charge in [0.1, 0.15) is 17.3 Å². The number of hydrogen-bond donors (Lipinski definition) is 1. The molecular weight excluding hydrogens is 389 g/mol. The number of halogens is 2. The quantitative estimate of drug-likeness (QED) is 0.311. The smallest absolute Gasteiger partial charge is 0.360 e. The molecule has 0 amide bonds. The second kappa shape index (κ2) is 9.32. The van der Waals surface area contributed by atoms with Crippen LogP contribution in [0, 0.1) is 11.2 Å². The highest BCUT2D eigenvalue weighted by Crippen LogP contribution is 2.32. The number of ether oxygens (including phenoxy) is 3. The molecule has 0 aliphatic carbocycles. The predicted octanol–water partition coefficient (Wildman–Crippen LogP) is 3.85. The molecule has 0 atom stereocenters. The molecule has 0 aliphatic rings. The zero-order chi connectivity index (χ0) is 20.8. The number of carbonyl (C=O) groups excluding carboxylic acids is 2. The van der Waals surface area contributed by atoms with Gasteiger partial charge in [0.2, 0.25) is 5.78 Å². The Bertz CT molecular complexity index is 929. The summed E-state index contributed by atoms with van der Waals surface area (Å²) in [5.74, 6) is -2.01. The van der Waals surface area contributed by atoms with E-state index in [-0.39, 0.29) is 29.4 Å². The zero-order valence-corrected chi connectivity index (χ0v) is 16.4. The molecule has 0 spiro atoms. The van der Waals surface area contributed by atoms with Gasteiger partial charge in [-0.2, -0.15) is 0 Å². The van der Waals surface area contributed by atoms with Crippen molar-refractivity contribution in [3.8, 4) is 11.5 Å². The first kappa shape index (κ1) is 21.4. The monoisotopic (exact) mass is 407 g/mol. The van der Waals surface area contributed by atoms with E-state index in [1.165, 1.54) is 32.4 Å². The number of Topliss-reactive ketones (excluding diaryl/α,β-unsaturated/α-hetero) is 1. The minimum absolute atomic E-state index is 0.0228. The minimum atomic E-state index is -1.03. The lowest BCUT2D eigenvalue weighted by molar-refractivity contribution is -0.134. The highest BCUT2D eigenvalue weighted by molar-refractivity contribution is 6.66. The van der Waals surface area contributed by atoms with Crippen molar-refractivity contribution >= 4 is 29.1 Å². The summed E-state index contributed by atoms with van der Waals surface area (Å²) in [5, 5.41) is 7.75. The lowest BCUT2D eigenvalue weighted by atomic mass is 9.97. The van der Waals surface area contributed by atoms with Crippen LogP contribution in [0.3, 0.4) is 0 Å². The second-order valence-electron chi connectivity index (χ2n) is 5.68. The normalized spacial score (nSPS) is 10.3. The third kappa shape index (κ3) is 4.48. The van der Waals surface area contributed by atoms with Crippen LogP contribution in [-0.4, -0.2) is 38.3 Å². The number of esters is 1. The Balaban J connectivity index is 2.51. The standard InChI is InChI=1S/C20H19ClFNO5/c1-4-28-20(25)18(23)19(24)13-9-12(15(26-2)10-16(13)27-3)8-11-6-5-7-14(21)17(11)22/h5-7,9-10,23H,4,8H2,1-3H3. The van der Waals surface area contributed by atoms with Crippen LogP contribution in [0.15, 0.2) is 30.3 Å². The van der Waals surface area contributed by atoms with Crippen molar-refractivity contribution in [3.63, 3.8) is 0 Å². The van der Waals surface area contributed by atoms with Gasteiger partial charge in [-0.15, -0.1) is 0 Å². The molecule has 8 heteroatoms. The van der Waals surface area contributed by atoms with Crippen LogP contribution >= 0.6 is 11.6 Å². The van der Waals surface area contributed by atoms with Crippen molar-refractivity contribution in [2.24, 2.45) is 0 Å². The van der Waals surface area contributed by atoms with Gasteiger partial charge in [0.05, 0.1) is 31.4 Å². The van der Waals surface area contributed by atoms with Crippen LogP contribution in [-0.2, 0) is 16.0 Å². The van der Waals surface area contributed by atoms with Crippen molar-refractivity contribution in [2.45, 2.75) is 13.3 Å². The summed E-state index contributed by atoms with van der Waals surface area (Å²) in [7, 11) is 2.77. The number of hydrogen-bond acceptors (Lipinski definition) is 6. The van der Waals surface area contributed by atoms with Crippen LogP contribution in [0.4, 0.5) is 4.39 Å². The van der Waals surface area contributed by atoms with E-state index < -0.39 is 23.3 Å². The van der Waals surface area contributed by atoms with Crippen molar-refractivity contribution < 1.29 is 28.2 Å². The summed E-state index contributed by atoms with van der Waals surface area (Å²) in [6, 6.07) is 7.46. The lowest BCUT2D eigenvalue weighted by Gasteiger charge is -2.15.